The van der Waals surface area contributed by atoms with Crippen LogP contribution in [0.3, 0.4) is 0 Å². The smallest absolute Gasteiger partial charge is 0.193 e. The van der Waals surface area contributed by atoms with Crippen molar-refractivity contribution >= 4 is 29.9 Å². The van der Waals surface area contributed by atoms with Gasteiger partial charge in [-0.05, 0) is 48.8 Å². The van der Waals surface area contributed by atoms with Crippen molar-refractivity contribution in [2.45, 2.75) is 33.1 Å². The SMILES string of the molecule is CN=C(NCCCc1ccc(OC)c(OC)c1)N1CC(C)CC(C)C1.I. The second kappa shape index (κ2) is 11.5. The lowest BCUT2D eigenvalue weighted by Gasteiger charge is -2.37. The first-order valence-electron chi connectivity index (χ1n) is 9.23. The van der Waals surface area contributed by atoms with Crippen LogP contribution in [-0.2, 0) is 6.42 Å². The molecular weight excluding hydrogens is 441 g/mol. The summed E-state index contributed by atoms with van der Waals surface area (Å²) >= 11 is 0. The van der Waals surface area contributed by atoms with Crippen molar-refractivity contribution in [2.24, 2.45) is 16.8 Å². The van der Waals surface area contributed by atoms with Crippen LogP contribution in [-0.4, -0.2) is 51.8 Å². The monoisotopic (exact) mass is 475 g/mol. The number of aliphatic imine (C=N–C) groups is 1. The van der Waals surface area contributed by atoms with Gasteiger partial charge in [0.15, 0.2) is 17.5 Å². The molecule has 0 aromatic heterocycles. The predicted molar refractivity (Wildman–Crippen MR) is 119 cm³/mol. The van der Waals surface area contributed by atoms with E-state index in [1.165, 1.54) is 12.0 Å². The summed E-state index contributed by atoms with van der Waals surface area (Å²) < 4.78 is 10.7. The van der Waals surface area contributed by atoms with E-state index in [1.807, 2.05) is 13.1 Å². The fraction of sp³-hybridized carbons (Fsp3) is 0.650. The van der Waals surface area contributed by atoms with E-state index in [4.69, 9.17) is 9.47 Å². The quantitative estimate of drug-likeness (QED) is 0.294. The molecule has 1 aliphatic heterocycles. The number of guanidine groups is 1. The molecule has 0 spiro atoms. The first-order valence-corrected chi connectivity index (χ1v) is 9.23. The van der Waals surface area contributed by atoms with E-state index in [1.54, 1.807) is 14.2 Å². The van der Waals surface area contributed by atoms with Gasteiger partial charge < -0.3 is 19.7 Å². The predicted octanol–water partition coefficient (Wildman–Crippen LogP) is 3.81. The summed E-state index contributed by atoms with van der Waals surface area (Å²) in [5.74, 6) is 4.06. The highest BCUT2D eigenvalue weighted by Crippen LogP contribution is 2.28. The minimum Gasteiger partial charge on any atom is -0.493 e. The Labute approximate surface area is 175 Å². The maximum atomic E-state index is 5.37. The first kappa shape index (κ1) is 22.9. The molecule has 1 aliphatic rings. The molecule has 26 heavy (non-hydrogen) atoms. The molecule has 1 N–H and O–H groups in total. The zero-order chi connectivity index (χ0) is 18.2. The number of nitrogens with zero attached hydrogens (tertiary/aromatic N) is 2. The average Bonchev–Trinajstić information content (AvgIpc) is 2.60. The minimum atomic E-state index is 0. The summed E-state index contributed by atoms with van der Waals surface area (Å²) in [5, 5.41) is 3.52. The number of piperidine rings is 1. The lowest BCUT2D eigenvalue weighted by atomic mass is 9.92. The molecule has 0 radical (unpaired) electrons. The number of aryl methyl sites for hydroxylation is 1. The number of rotatable bonds is 6. The summed E-state index contributed by atoms with van der Waals surface area (Å²) in [6.07, 6.45) is 3.36. The van der Waals surface area contributed by atoms with Crippen LogP contribution in [0.5, 0.6) is 11.5 Å². The van der Waals surface area contributed by atoms with E-state index in [2.05, 4.69) is 41.2 Å². The largest absolute Gasteiger partial charge is 0.493 e. The van der Waals surface area contributed by atoms with E-state index in [9.17, 15) is 0 Å². The van der Waals surface area contributed by atoms with Gasteiger partial charge in [-0.3, -0.25) is 4.99 Å². The number of likely N-dealkylation sites (tertiary alicyclic amines) is 1. The molecule has 1 aromatic carbocycles. The molecule has 1 fully saturated rings. The summed E-state index contributed by atoms with van der Waals surface area (Å²) in [5.41, 5.74) is 1.26. The average molecular weight is 475 g/mol. The standard InChI is InChI=1S/C20H33N3O2.HI/c1-15-11-16(2)14-23(13-15)20(21-3)22-10-6-7-17-8-9-18(24-4)19(12-17)25-5;/h8-9,12,15-16H,6-7,10-11,13-14H2,1-5H3,(H,21,22);1H. The van der Waals surface area contributed by atoms with E-state index in [-0.39, 0.29) is 24.0 Å². The van der Waals surface area contributed by atoms with Crippen LogP contribution in [0.15, 0.2) is 23.2 Å². The molecule has 2 atom stereocenters. The molecule has 6 heteroatoms. The Kier molecular flexibility index (Phi) is 10.1. The fourth-order valence-corrected chi connectivity index (χ4v) is 3.70. The maximum absolute atomic E-state index is 5.37. The van der Waals surface area contributed by atoms with Gasteiger partial charge in [0.05, 0.1) is 14.2 Å². The molecule has 148 valence electrons. The number of halogens is 1. The van der Waals surface area contributed by atoms with Gasteiger partial charge in [-0.2, -0.15) is 0 Å². The number of hydrogen-bond acceptors (Lipinski definition) is 3. The Morgan fingerprint density at radius 2 is 1.81 bits per heavy atom. The minimum absolute atomic E-state index is 0. The number of methoxy groups -OCH3 is 2. The molecule has 1 heterocycles. The normalized spacial score (nSPS) is 20.3. The fourth-order valence-electron chi connectivity index (χ4n) is 3.70. The lowest BCUT2D eigenvalue weighted by Crippen LogP contribution is -2.48. The molecule has 0 saturated carbocycles. The Morgan fingerprint density at radius 1 is 1.15 bits per heavy atom. The van der Waals surface area contributed by atoms with E-state index < -0.39 is 0 Å². The third-order valence-electron chi connectivity index (χ3n) is 4.75. The number of hydrogen-bond donors (Lipinski definition) is 1. The van der Waals surface area contributed by atoms with Crippen molar-refractivity contribution in [3.63, 3.8) is 0 Å². The highest BCUT2D eigenvalue weighted by Gasteiger charge is 2.23. The molecule has 0 amide bonds. The van der Waals surface area contributed by atoms with Crippen molar-refractivity contribution in [3.05, 3.63) is 23.8 Å². The van der Waals surface area contributed by atoms with E-state index in [0.717, 1.165) is 61.8 Å². The Bertz CT molecular complexity index is 570. The third kappa shape index (κ3) is 6.52. The van der Waals surface area contributed by atoms with Crippen molar-refractivity contribution in [1.82, 2.24) is 10.2 Å². The Balaban J connectivity index is 0.00000338. The summed E-state index contributed by atoms with van der Waals surface area (Å²) in [4.78, 5) is 6.87. The molecule has 0 bridgehead atoms. The molecule has 0 aliphatic carbocycles. The molecular formula is C20H34IN3O2. The first-order chi connectivity index (χ1) is 12.1. The summed E-state index contributed by atoms with van der Waals surface area (Å²) in [6, 6.07) is 6.13. The van der Waals surface area contributed by atoms with Crippen LogP contribution >= 0.6 is 24.0 Å². The van der Waals surface area contributed by atoms with Gasteiger partial charge in [0.25, 0.3) is 0 Å². The van der Waals surface area contributed by atoms with Crippen molar-refractivity contribution in [2.75, 3.05) is 40.9 Å². The van der Waals surface area contributed by atoms with Gasteiger partial charge in [-0.1, -0.05) is 19.9 Å². The number of nitrogens with one attached hydrogen (secondary N) is 1. The molecule has 1 saturated heterocycles. The van der Waals surface area contributed by atoms with Gasteiger partial charge in [-0.15, -0.1) is 24.0 Å². The van der Waals surface area contributed by atoms with E-state index >= 15 is 0 Å². The van der Waals surface area contributed by atoms with Gasteiger partial charge in [0.1, 0.15) is 0 Å². The Morgan fingerprint density at radius 3 is 2.38 bits per heavy atom. The summed E-state index contributed by atoms with van der Waals surface area (Å²) in [6.45, 7) is 7.76. The second-order valence-corrected chi connectivity index (χ2v) is 7.12. The van der Waals surface area contributed by atoms with Crippen molar-refractivity contribution < 1.29 is 9.47 Å². The molecule has 5 nitrogen and oxygen atoms in total. The highest BCUT2D eigenvalue weighted by molar-refractivity contribution is 14.0. The van der Waals surface area contributed by atoms with Crippen molar-refractivity contribution in [1.29, 1.82) is 0 Å². The number of benzene rings is 1. The van der Waals surface area contributed by atoms with Crippen LogP contribution in [0.25, 0.3) is 0 Å². The van der Waals surface area contributed by atoms with Crippen LogP contribution < -0.4 is 14.8 Å². The van der Waals surface area contributed by atoms with Crippen LogP contribution in [0.1, 0.15) is 32.3 Å². The molecule has 1 aromatic rings. The lowest BCUT2D eigenvalue weighted by molar-refractivity contribution is 0.208. The van der Waals surface area contributed by atoms with Crippen LogP contribution in [0.4, 0.5) is 0 Å². The van der Waals surface area contributed by atoms with Crippen molar-refractivity contribution in [3.8, 4) is 11.5 Å². The van der Waals surface area contributed by atoms with Gasteiger partial charge >= 0.3 is 0 Å². The van der Waals surface area contributed by atoms with Crippen LogP contribution in [0.2, 0.25) is 0 Å². The second-order valence-electron chi connectivity index (χ2n) is 7.12. The molecule has 2 rings (SSSR count). The van der Waals surface area contributed by atoms with Gasteiger partial charge in [0, 0.05) is 26.7 Å². The maximum Gasteiger partial charge on any atom is 0.193 e. The molecule has 2 unspecified atom stereocenters. The van der Waals surface area contributed by atoms with E-state index in [0.29, 0.717) is 0 Å². The topological polar surface area (TPSA) is 46.1 Å². The Hall–Kier alpha value is -1.18. The summed E-state index contributed by atoms with van der Waals surface area (Å²) in [7, 11) is 5.21. The van der Waals surface area contributed by atoms with Gasteiger partial charge in [0.2, 0.25) is 0 Å². The number of ether oxygens (including phenoxy) is 2. The zero-order valence-corrected chi connectivity index (χ0v) is 19.1. The zero-order valence-electron chi connectivity index (χ0n) is 16.7. The van der Waals surface area contributed by atoms with Gasteiger partial charge in [-0.25, -0.2) is 0 Å². The van der Waals surface area contributed by atoms with Crippen LogP contribution in [0, 0.1) is 11.8 Å². The third-order valence-corrected chi connectivity index (χ3v) is 4.75. The highest BCUT2D eigenvalue weighted by atomic mass is 127.